The lowest BCUT2D eigenvalue weighted by atomic mass is 9.93. The molecule has 0 atom stereocenters. The van der Waals surface area contributed by atoms with E-state index in [1.54, 1.807) is 6.92 Å². The lowest BCUT2D eigenvalue weighted by Crippen LogP contribution is -2.41. The molecule has 1 aliphatic rings. The van der Waals surface area contributed by atoms with Crippen molar-refractivity contribution in [2.24, 2.45) is 5.92 Å². The van der Waals surface area contributed by atoms with Crippen molar-refractivity contribution in [1.82, 2.24) is 0 Å². The molecule has 3 aromatic rings. The molecule has 170 valence electrons. The Morgan fingerprint density at radius 2 is 1.21 bits per heavy atom. The summed E-state index contributed by atoms with van der Waals surface area (Å²) in [6.45, 7) is 0.225. The zero-order valence-corrected chi connectivity index (χ0v) is 19.7. The molecule has 1 aliphatic heterocycles. The first kappa shape index (κ1) is 23.2. The number of hydrogen-bond acceptors (Lipinski definition) is 4. The zero-order chi connectivity index (χ0) is 23.1. The number of esters is 1. The van der Waals surface area contributed by atoms with Crippen LogP contribution in [0.25, 0.3) is 0 Å². The van der Waals surface area contributed by atoms with Gasteiger partial charge in [0.25, 0.3) is 0 Å². The topological polar surface area (TPSA) is 52.6 Å². The number of ether oxygens (including phenoxy) is 2. The Hall–Kier alpha value is -2.94. The summed E-state index contributed by atoms with van der Waals surface area (Å²) in [5.41, 5.74) is 0. The SMILES string of the molecule is CCOC(=O)C(C(=O)C1CCOCC1)=P(c1ccccc1)(c1ccccc1)c1ccccc1. The van der Waals surface area contributed by atoms with Gasteiger partial charge in [-0.15, -0.1) is 0 Å². The number of rotatable bonds is 7. The molecule has 0 spiro atoms. The summed E-state index contributed by atoms with van der Waals surface area (Å²) in [5, 5.41) is 3.17. The quantitative estimate of drug-likeness (QED) is 0.307. The van der Waals surface area contributed by atoms with Crippen LogP contribution >= 0.6 is 6.89 Å². The normalized spacial score (nSPS) is 14.5. The lowest BCUT2D eigenvalue weighted by Gasteiger charge is -2.33. The Balaban J connectivity index is 2.17. The molecular formula is C28H29O4P. The van der Waals surface area contributed by atoms with E-state index in [0.29, 0.717) is 26.1 Å². The van der Waals surface area contributed by atoms with Crippen molar-refractivity contribution in [3.63, 3.8) is 0 Å². The van der Waals surface area contributed by atoms with Crippen molar-refractivity contribution >= 4 is 39.8 Å². The summed E-state index contributed by atoms with van der Waals surface area (Å²) >= 11 is 0. The molecule has 0 unspecified atom stereocenters. The monoisotopic (exact) mass is 460 g/mol. The maximum atomic E-state index is 14.2. The maximum Gasteiger partial charge on any atom is 0.342 e. The largest absolute Gasteiger partial charge is 0.462 e. The van der Waals surface area contributed by atoms with E-state index in [0.717, 1.165) is 15.9 Å². The average Bonchev–Trinajstić information content (AvgIpc) is 2.89. The minimum atomic E-state index is -2.82. The van der Waals surface area contributed by atoms with E-state index in [1.165, 1.54) is 0 Å². The molecule has 0 N–H and O–H groups in total. The second-order valence-electron chi connectivity index (χ2n) is 8.00. The van der Waals surface area contributed by atoms with Crippen molar-refractivity contribution in [3.8, 4) is 0 Å². The number of hydrogen-bond donors (Lipinski definition) is 0. The van der Waals surface area contributed by atoms with Gasteiger partial charge in [-0.3, -0.25) is 4.79 Å². The van der Waals surface area contributed by atoms with Gasteiger partial charge in [0.15, 0.2) is 5.78 Å². The molecule has 0 aliphatic carbocycles. The van der Waals surface area contributed by atoms with Gasteiger partial charge in [0, 0.05) is 19.1 Å². The second-order valence-corrected chi connectivity index (χ2v) is 11.3. The van der Waals surface area contributed by atoms with E-state index < -0.39 is 12.9 Å². The van der Waals surface area contributed by atoms with Gasteiger partial charge in [0.1, 0.15) is 5.29 Å². The molecule has 3 aromatic carbocycles. The van der Waals surface area contributed by atoms with Gasteiger partial charge in [-0.1, -0.05) is 91.0 Å². The van der Waals surface area contributed by atoms with E-state index in [1.807, 2.05) is 91.0 Å². The molecule has 0 saturated carbocycles. The second kappa shape index (κ2) is 10.8. The first-order valence-corrected chi connectivity index (χ1v) is 13.2. The Morgan fingerprint density at radius 1 is 0.788 bits per heavy atom. The zero-order valence-electron chi connectivity index (χ0n) is 18.9. The number of carbonyl (C=O) groups is 2. The van der Waals surface area contributed by atoms with Gasteiger partial charge < -0.3 is 9.47 Å². The molecule has 0 bridgehead atoms. The van der Waals surface area contributed by atoms with Crippen LogP contribution in [0.3, 0.4) is 0 Å². The molecule has 1 fully saturated rings. The van der Waals surface area contributed by atoms with Crippen LogP contribution in [-0.2, 0) is 19.1 Å². The molecule has 33 heavy (non-hydrogen) atoms. The smallest absolute Gasteiger partial charge is 0.342 e. The summed E-state index contributed by atoms with van der Waals surface area (Å²) in [6.07, 6.45) is 1.22. The van der Waals surface area contributed by atoms with E-state index in [9.17, 15) is 9.59 Å². The molecule has 1 heterocycles. The van der Waals surface area contributed by atoms with Crippen LogP contribution < -0.4 is 15.9 Å². The third-order valence-electron chi connectivity index (χ3n) is 6.06. The molecule has 0 aromatic heterocycles. The van der Waals surface area contributed by atoms with Gasteiger partial charge in [-0.2, -0.15) is 0 Å². The van der Waals surface area contributed by atoms with Crippen LogP contribution in [0.5, 0.6) is 0 Å². The van der Waals surface area contributed by atoms with Crippen LogP contribution in [0.4, 0.5) is 0 Å². The van der Waals surface area contributed by atoms with Crippen LogP contribution in [-0.4, -0.2) is 36.9 Å². The summed E-state index contributed by atoms with van der Waals surface area (Å²) < 4.78 is 11.1. The Morgan fingerprint density at radius 3 is 1.61 bits per heavy atom. The third kappa shape index (κ3) is 4.59. The molecule has 4 nitrogen and oxygen atoms in total. The average molecular weight is 461 g/mol. The van der Waals surface area contributed by atoms with Gasteiger partial charge in [-0.25, -0.2) is 4.79 Å². The van der Waals surface area contributed by atoms with Crippen molar-refractivity contribution in [2.45, 2.75) is 19.8 Å². The Labute approximate surface area is 195 Å². The molecule has 0 radical (unpaired) electrons. The van der Waals surface area contributed by atoms with Crippen molar-refractivity contribution in [1.29, 1.82) is 0 Å². The minimum absolute atomic E-state index is 0.110. The van der Waals surface area contributed by atoms with Crippen molar-refractivity contribution in [2.75, 3.05) is 19.8 Å². The molecular weight excluding hydrogens is 431 g/mol. The first-order valence-electron chi connectivity index (χ1n) is 11.4. The molecule has 5 heteroatoms. The summed E-state index contributed by atoms with van der Waals surface area (Å²) in [6, 6.07) is 29.9. The summed E-state index contributed by atoms with van der Waals surface area (Å²) in [7, 11) is 0. The van der Waals surface area contributed by atoms with E-state index >= 15 is 0 Å². The van der Waals surface area contributed by atoms with E-state index in [4.69, 9.17) is 9.47 Å². The van der Waals surface area contributed by atoms with Crippen LogP contribution in [0.1, 0.15) is 19.8 Å². The predicted molar refractivity (Wildman–Crippen MR) is 135 cm³/mol. The highest BCUT2D eigenvalue weighted by Crippen LogP contribution is 2.47. The summed E-state index contributed by atoms with van der Waals surface area (Å²) in [4.78, 5) is 27.9. The number of benzene rings is 3. The number of ketones is 1. The van der Waals surface area contributed by atoms with E-state index in [2.05, 4.69) is 0 Å². The standard InChI is InChI=1S/C28H29O4P/c1-2-32-28(30)27(26(29)22-18-20-31-21-19-22)33(23-12-6-3-7-13-23,24-14-8-4-9-15-24)25-16-10-5-11-17-25/h3-17,22H,2,18-21H2,1H3. The fraction of sp³-hybridized carbons (Fsp3) is 0.250. The fourth-order valence-electron chi connectivity index (χ4n) is 4.54. The molecule has 0 amide bonds. The van der Waals surface area contributed by atoms with Crippen LogP contribution in [0.15, 0.2) is 91.0 Å². The minimum Gasteiger partial charge on any atom is -0.462 e. The fourth-order valence-corrected chi connectivity index (χ4v) is 8.92. The van der Waals surface area contributed by atoms with Crippen molar-refractivity contribution in [3.05, 3.63) is 91.0 Å². The highest BCUT2D eigenvalue weighted by atomic mass is 31.2. The predicted octanol–water partition coefficient (Wildman–Crippen LogP) is 3.71. The van der Waals surface area contributed by atoms with Crippen LogP contribution in [0.2, 0.25) is 0 Å². The Bertz CT molecular complexity index is 1030. The summed E-state index contributed by atoms with van der Waals surface area (Å²) in [5.74, 6) is -0.880. The van der Waals surface area contributed by atoms with E-state index in [-0.39, 0.29) is 23.6 Å². The molecule has 1 saturated heterocycles. The Kier molecular flexibility index (Phi) is 7.59. The lowest BCUT2D eigenvalue weighted by molar-refractivity contribution is -0.136. The number of carbonyl (C=O) groups excluding carboxylic acids is 2. The van der Waals surface area contributed by atoms with Crippen molar-refractivity contribution < 1.29 is 19.1 Å². The van der Waals surface area contributed by atoms with Crippen LogP contribution in [0, 0.1) is 5.92 Å². The number of Topliss-reactive ketones (excluding diaryl/α,β-unsaturated/α-hetero) is 1. The highest BCUT2D eigenvalue weighted by molar-refractivity contribution is 7.97. The molecule has 4 rings (SSSR count). The highest BCUT2D eigenvalue weighted by Gasteiger charge is 2.40. The van der Waals surface area contributed by atoms with Gasteiger partial charge in [0.2, 0.25) is 0 Å². The van der Waals surface area contributed by atoms with Gasteiger partial charge in [0.05, 0.1) is 6.61 Å². The third-order valence-corrected chi connectivity index (χ3v) is 10.4. The van der Waals surface area contributed by atoms with Gasteiger partial charge >= 0.3 is 5.97 Å². The first-order chi connectivity index (χ1) is 16.2. The maximum absolute atomic E-state index is 14.2. The van der Waals surface area contributed by atoms with Gasteiger partial charge in [-0.05, 0) is 42.6 Å².